The minimum atomic E-state index is -0.0923. The van der Waals surface area contributed by atoms with Gasteiger partial charge in [0.15, 0.2) is 0 Å². The number of thioether (sulfide) groups is 1. The third-order valence-electron chi connectivity index (χ3n) is 3.31. The topological polar surface area (TPSA) is 15.3 Å². The van der Waals surface area contributed by atoms with Gasteiger partial charge >= 0.3 is 0 Å². The molecule has 4 heteroatoms. The molecule has 0 aliphatic carbocycles. The van der Waals surface area contributed by atoms with Crippen molar-refractivity contribution in [3.63, 3.8) is 0 Å². The van der Waals surface area contributed by atoms with E-state index >= 15 is 0 Å². The van der Waals surface area contributed by atoms with Crippen LogP contribution in [0.15, 0.2) is 23.1 Å². The molecule has 0 radical (unpaired) electrons. The first-order chi connectivity index (χ1) is 9.71. The van der Waals surface area contributed by atoms with E-state index in [-0.39, 0.29) is 5.82 Å². The van der Waals surface area contributed by atoms with E-state index in [1.54, 1.807) is 17.8 Å². The maximum absolute atomic E-state index is 14.0. The van der Waals surface area contributed by atoms with Crippen LogP contribution in [0.4, 0.5) is 4.39 Å². The van der Waals surface area contributed by atoms with Crippen LogP contribution in [0.2, 0.25) is 0 Å². The van der Waals surface area contributed by atoms with Crippen molar-refractivity contribution in [3.05, 3.63) is 29.6 Å². The molecule has 1 aromatic rings. The second-order valence-corrected chi connectivity index (χ2v) is 5.95. The number of halogens is 1. The van der Waals surface area contributed by atoms with Gasteiger partial charge < -0.3 is 10.2 Å². The summed E-state index contributed by atoms with van der Waals surface area (Å²) in [5, 5.41) is 3.29. The van der Waals surface area contributed by atoms with Crippen LogP contribution in [0.3, 0.4) is 0 Å². The highest BCUT2D eigenvalue weighted by Gasteiger charge is 2.05. The minimum absolute atomic E-state index is 0.0923. The Kier molecular flexibility index (Phi) is 8.90. The summed E-state index contributed by atoms with van der Waals surface area (Å²) in [5.41, 5.74) is 1.02. The molecule has 1 N–H and O–H groups in total. The maximum Gasteiger partial charge on any atom is 0.137 e. The van der Waals surface area contributed by atoms with Gasteiger partial charge in [-0.05, 0) is 43.8 Å². The van der Waals surface area contributed by atoms with Crippen molar-refractivity contribution in [2.45, 2.75) is 38.6 Å². The standard InChI is InChI=1S/C16H27FN2S/c1-4-9-18-13-14-7-8-16(15(17)12-14)20-11-10-19(5-2)6-3/h7-8,12,18H,4-6,9-11,13H2,1-3H3. The number of nitrogens with one attached hydrogen (secondary N) is 1. The molecule has 20 heavy (non-hydrogen) atoms. The van der Waals surface area contributed by atoms with Crippen LogP contribution in [0.25, 0.3) is 0 Å². The van der Waals surface area contributed by atoms with Crippen molar-refractivity contribution >= 4 is 11.8 Å². The summed E-state index contributed by atoms with van der Waals surface area (Å²) in [4.78, 5) is 3.12. The number of nitrogens with zero attached hydrogens (tertiary/aromatic N) is 1. The number of hydrogen-bond acceptors (Lipinski definition) is 3. The van der Waals surface area contributed by atoms with Crippen molar-refractivity contribution in [1.29, 1.82) is 0 Å². The molecule has 0 saturated heterocycles. The Labute approximate surface area is 127 Å². The van der Waals surface area contributed by atoms with E-state index in [9.17, 15) is 4.39 Å². The summed E-state index contributed by atoms with van der Waals surface area (Å²) >= 11 is 1.61. The van der Waals surface area contributed by atoms with Crippen molar-refractivity contribution in [2.24, 2.45) is 0 Å². The van der Waals surface area contributed by atoms with Gasteiger partial charge in [-0.2, -0.15) is 0 Å². The molecule has 0 fully saturated rings. The van der Waals surface area contributed by atoms with Crippen molar-refractivity contribution in [3.8, 4) is 0 Å². The van der Waals surface area contributed by atoms with Crippen LogP contribution in [-0.4, -0.2) is 36.8 Å². The Balaban J connectivity index is 2.43. The van der Waals surface area contributed by atoms with E-state index in [2.05, 4.69) is 31.0 Å². The zero-order valence-electron chi connectivity index (χ0n) is 12.9. The smallest absolute Gasteiger partial charge is 0.137 e. The fraction of sp³-hybridized carbons (Fsp3) is 0.625. The molecule has 0 heterocycles. The lowest BCUT2D eigenvalue weighted by atomic mass is 10.2. The lowest BCUT2D eigenvalue weighted by molar-refractivity contribution is 0.324. The van der Waals surface area contributed by atoms with E-state index in [1.165, 1.54) is 0 Å². The van der Waals surface area contributed by atoms with Gasteiger partial charge in [0.25, 0.3) is 0 Å². The molecule has 0 amide bonds. The molecule has 1 rings (SSSR count). The monoisotopic (exact) mass is 298 g/mol. The average Bonchev–Trinajstić information content (AvgIpc) is 2.46. The summed E-state index contributed by atoms with van der Waals surface area (Å²) in [6.45, 7) is 11.3. The largest absolute Gasteiger partial charge is 0.313 e. The summed E-state index contributed by atoms with van der Waals surface area (Å²) in [6, 6.07) is 5.58. The molecule has 1 aromatic carbocycles. The summed E-state index contributed by atoms with van der Waals surface area (Å²) in [5.74, 6) is 0.844. The normalized spacial score (nSPS) is 11.2. The van der Waals surface area contributed by atoms with Crippen LogP contribution < -0.4 is 5.32 Å². The van der Waals surface area contributed by atoms with Gasteiger partial charge in [-0.3, -0.25) is 0 Å². The third-order valence-corrected chi connectivity index (χ3v) is 4.34. The molecule has 0 aromatic heterocycles. The molecule has 0 bridgehead atoms. The average molecular weight is 298 g/mol. The summed E-state index contributed by atoms with van der Waals surface area (Å²) in [6.07, 6.45) is 1.10. The second kappa shape index (κ2) is 10.2. The van der Waals surface area contributed by atoms with Crippen molar-refractivity contribution in [2.75, 3.05) is 31.9 Å². The zero-order chi connectivity index (χ0) is 14.8. The third kappa shape index (κ3) is 6.25. The van der Waals surface area contributed by atoms with Crippen LogP contribution in [0, 0.1) is 5.82 Å². The minimum Gasteiger partial charge on any atom is -0.313 e. The Morgan fingerprint density at radius 2 is 1.95 bits per heavy atom. The van der Waals surface area contributed by atoms with Gasteiger partial charge in [0.05, 0.1) is 0 Å². The Morgan fingerprint density at radius 1 is 1.20 bits per heavy atom. The fourth-order valence-corrected chi connectivity index (χ4v) is 2.94. The van der Waals surface area contributed by atoms with E-state index in [4.69, 9.17) is 0 Å². The Bertz CT molecular complexity index is 381. The van der Waals surface area contributed by atoms with Gasteiger partial charge in [-0.1, -0.05) is 26.8 Å². The first-order valence-corrected chi connectivity index (χ1v) is 8.54. The lowest BCUT2D eigenvalue weighted by Crippen LogP contribution is -2.25. The van der Waals surface area contributed by atoms with E-state index in [0.29, 0.717) is 0 Å². The highest BCUT2D eigenvalue weighted by molar-refractivity contribution is 7.99. The molecule has 2 nitrogen and oxygen atoms in total. The number of rotatable bonds is 10. The molecule has 0 aliphatic heterocycles. The molecule has 0 unspecified atom stereocenters. The summed E-state index contributed by atoms with van der Waals surface area (Å²) < 4.78 is 14.0. The van der Waals surface area contributed by atoms with Crippen molar-refractivity contribution < 1.29 is 4.39 Å². The Morgan fingerprint density at radius 3 is 2.55 bits per heavy atom. The molecule has 0 spiro atoms. The quantitative estimate of drug-likeness (QED) is 0.523. The van der Waals surface area contributed by atoms with Gasteiger partial charge in [0.2, 0.25) is 0 Å². The molecule has 0 aliphatic rings. The summed E-state index contributed by atoms with van der Waals surface area (Å²) in [7, 11) is 0. The number of benzene rings is 1. The van der Waals surface area contributed by atoms with E-state index in [0.717, 1.165) is 55.4 Å². The van der Waals surface area contributed by atoms with Gasteiger partial charge in [0.1, 0.15) is 5.82 Å². The van der Waals surface area contributed by atoms with Crippen molar-refractivity contribution in [1.82, 2.24) is 10.2 Å². The molecular weight excluding hydrogens is 271 g/mol. The molecule has 0 atom stereocenters. The highest BCUT2D eigenvalue weighted by Crippen LogP contribution is 2.22. The first kappa shape index (κ1) is 17.5. The number of hydrogen-bond donors (Lipinski definition) is 1. The highest BCUT2D eigenvalue weighted by atomic mass is 32.2. The van der Waals surface area contributed by atoms with Crippen LogP contribution >= 0.6 is 11.8 Å². The van der Waals surface area contributed by atoms with Crippen LogP contribution in [0.1, 0.15) is 32.8 Å². The SMILES string of the molecule is CCCNCc1ccc(SCCN(CC)CC)c(F)c1. The predicted octanol–water partition coefficient (Wildman–Crippen LogP) is 3.76. The van der Waals surface area contributed by atoms with Gasteiger partial charge in [-0.15, -0.1) is 11.8 Å². The molecule has 114 valence electrons. The lowest BCUT2D eigenvalue weighted by Gasteiger charge is -2.17. The van der Waals surface area contributed by atoms with Crippen LogP contribution in [-0.2, 0) is 6.54 Å². The molecule has 0 saturated carbocycles. The van der Waals surface area contributed by atoms with Gasteiger partial charge in [-0.25, -0.2) is 4.39 Å². The molecular formula is C16H27FN2S. The van der Waals surface area contributed by atoms with E-state index < -0.39 is 0 Å². The second-order valence-electron chi connectivity index (χ2n) is 4.82. The zero-order valence-corrected chi connectivity index (χ0v) is 13.7. The first-order valence-electron chi connectivity index (χ1n) is 7.55. The van der Waals surface area contributed by atoms with Crippen LogP contribution in [0.5, 0.6) is 0 Å². The van der Waals surface area contributed by atoms with Gasteiger partial charge in [0, 0.05) is 23.7 Å². The van der Waals surface area contributed by atoms with E-state index in [1.807, 2.05) is 12.1 Å². The predicted molar refractivity (Wildman–Crippen MR) is 86.9 cm³/mol. The Hall–Kier alpha value is -0.580. The fourth-order valence-electron chi connectivity index (χ4n) is 2.01. The maximum atomic E-state index is 14.0.